The number of amidine groups is 1. The van der Waals surface area contributed by atoms with Gasteiger partial charge in [0.05, 0.1) is 24.3 Å². The van der Waals surface area contributed by atoms with E-state index in [0.717, 1.165) is 11.3 Å². The van der Waals surface area contributed by atoms with Gasteiger partial charge in [-0.25, -0.2) is 4.99 Å². The maximum Gasteiger partial charge on any atom is 0.260 e. The Bertz CT molecular complexity index is 827. The maximum absolute atomic E-state index is 12.0. The Morgan fingerprint density at radius 3 is 2.96 bits per heavy atom. The van der Waals surface area contributed by atoms with E-state index < -0.39 is 0 Å². The normalized spacial score (nSPS) is 18.0. The fourth-order valence-electron chi connectivity index (χ4n) is 2.61. The summed E-state index contributed by atoms with van der Waals surface area (Å²) in [7, 11) is 1.60. The number of ether oxygens (including phenoxy) is 1. The van der Waals surface area contributed by atoms with Gasteiger partial charge in [-0.1, -0.05) is 36.4 Å². The van der Waals surface area contributed by atoms with Crippen LogP contribution in [0, 0.1) is 5.92 Å². The lowest BCUT2D eigenvalue weighted by Gasteiger charge is -2.17. The van der Waals surface area contributed by atoms with E-state index in [0.29, 0.717) is 23.8 Å². The van der Waals surface area contributed by atoms with Crippen LogP contribution in [-0.4, -0.2) is 42.0 Å². The molecule has 0 bridgehead atoms. The fourth-order valence-corrected chi connectivity index (χ4v) is 3.31. The van der Waals surface area contributed by atoms with Crippen LogP contribution >= 0.6 is 11.8 Å². The van der Waals surface area contributed by atoms with Gasteiger partial charge < -0.3 is 10.1 Å². The first kappa shape index (κ1) is 18.1. The van der Waals surface area contributed by atoms with Gasteiger partial charge in [0, 0.05) is 12.1 Å². The summed E-state index contributed by atoms with van der Waals surface area (Å²) in [6.45, 7) is 0.407. The number of rotatable bonds is 7. The molecule has 0 saturated heterocycles. The van der Waals surface area contributed by atoms with E-state index in [1.165, 1.54) is 11.8 Å². The molecule has 3 rings (SSSR count). The number of amides is 2. The Labute approximate surface area is 156 Å². The van der Waals surface area contributed by atoms with Gasteiger partial charge in [-0.05, 0) is 12.1 Å². The van der Waals surface area contributed by atoms with Crippen LogP contribution in [-0.2, 0) is 16.1 Å². The summed E-state index contributed by atoms with van der Waals surface area (Å²) >= 11 is 1.38. The third-order valence-electron chi connectivity index (χ3n) is 3.90. The maximum atomic E-state index is 12.0. The third kappa shape index (κ3) is 4.49. The molecule has 1 aromatic rings. The highest BCUT2D eigenvalue weighted by Gasteiger charge is 2.26. The number of allylic oxidation sites excluding steroid dienone is 3. The molecule has 0 radical (unpaired) electrons. The Hall–Kier alpha value is -2.67. The summed E-state index contributed by atoms with van der Waals surface area (Å²) in [5.41, 5.74) is 1.63. The topological polar surface area (TPSA) is 80.1 Å². The summed E-state index contributed by atoms with van der Waals surface area (Å²) in [5, 5.41) is 2.86. The Morgan fingerprint density at radius 1 is 1.27 bits per heavy atom. The van der Waals surface area contributed by atoms with E-state index in [9.17, 15) is 9.59 Å². The number of thioether (sulfide) groups is 1. The van der Waals surface area contributed by atoms with Crippen LogP contribution in [0.25, 0.3) is 0 Å². The summed E-state index contributed by atoms with van der Waals surface area (Å²) in [6, 6.07) is 7.55. The predicted molar refractivity (Wildman–Crippen MR) is 104 cm³/mol. The molecule has 1 aliphatic heterocycles. The molecular weight excluding hydrogens is 350 g/mol. The minimum absolute atomic E-state index is 0.0883. The van der Waals surface area contributed by atoms with Crippen LogP contribution in [0.15, 0.2) is 58.6 Å². The third-order valence-corrected chi connectivity index (χ3v) is 4.83. The summed E-state index contributed by atoms with van der Waals surface area (Å²) in [6.07, 6.45) is 7.29. The highest BCUT2D eigenvalue weighted by atomic mass is 32.2. The molecule has 7 heteroatoms. The van der Waals surface area contributed by atoms with Gasteiger partial charge in [-0.15, -0.1) is 11.8 Å². The number of aliphatic imine (C=N–C) groups is 2. The Morgan fingerprint density at radius 2 is 2.12 bits per heavy atom. The Kier molecular flexibility index (Phi) is 6.01. The zero-order valence-corrected chi connectivity index (χ0v) is 15.2. The van der Waals surface area contributed by atoms with Crippen LogP contribution in [0.5, 0.6) is 5.75 Å². The molecular formula is C19H19N3O3S. The second kappa shape index (κ2) is 8.62. The molecule has 1 heterocycles. The molecule has 1 atom stereocenters. The van der Waals surface area contributed by atoms with Crippen molar-refractivity contribution in [3.8, 4) is 5.75 Å². The standard InChI is InChI=1S/C19H19N3O3S/c1-25-16-9-5-2-6-13(16)10-20-18(23)12-26-11-17-21-15-8-4-3-7-14(15)19(24)22-17/h2-9,14H,10-12H2,1H3,(H,20,23). The van der Waals surface area contributed by atoms with Crippen molar-refractivity contribution < 1.29 is 14.3 Å². The molecule has 0 fully saturated rings. The molecule has 2 aliphatic rings. The number of para-hydroxylation sites is 1. The quantitative estimate of drug-likeness (QED) is 0.799. The zero-order valence-electron chi connectivity index (χ0n) is 14.3. The average Bonchev–Trinajstić information content (AvgIpc) is 2.66. The number of carbonyl (C=O) groups excluding carboxylic acids is 2. The number of carbonyl (C=O) groups is 2. The van der Waals surface area contributed by atoms with Gasteiger partial charge >= 0.3 is 0 Å². The van der Waals surface area contributed by atoms with Crippen LogP contribution < -0.4 is 10.1 Å². The summed E-state index contributed by atoms with van der Waals surface area (Å²) in [5.74, 6) is 1.24. The molecule has 134 valence electrons. The lowest BCUT2D eigenvalue weighted by Crippen LogP contribution is -2.28. The van der Waals surface area contributed by atoms with E-state index >= 15 is 0 Å². The van der Waals surface area contributed by atoms with Crippen molar-refractivity contribution >= 4 is 35.1 Å². The largest absolute Gasteiger partial charge is 0.496 e. The molecule has 6 nitrogen and oxygen atoms in total. The van der Waals surface area contributed by atoms with E-state index in [-0.39, 0.29) is 23.5 Å². The zero-order chi connectivity index (χ0) is 18.4. The molecule has 1 aliphatic carbocycles. The minimum Gasteiger partial charge on any atom is -0.496 e. The second-order valence-corrected chi connectivity index (χ2v) is 6.69. The van der Waals surface area contributed by atoms with Crippen molar-refractivity contribution in [2.75, 3.05) is 18.6 Å². The average molecular weight is 369 g/mol. The minimum atomic E-state index is -0.363. The van der Waals surface area contributed by atoms with Crippen LogP contribution in [0.2, 0.25) is 0 Å². The molecule has 1 aromatic carbocycles. The van der Waals surface area contributed by atoms with Crippen molar-refractivity contribution in [3.05, 3.63) is 54.1 Å². The summed E-state index contributed by atoms with van der Waals surface area (Å²) < 4.78 is 5.26. The number of nitrogens with zero attached hydrogens (tertiary/aromatic N) is 2. The fraction of sp³-hybridized carbons (Fsp3) is 0.263. The van der Waals surface area contributed by atoms with Gasteiger partial charge in [0.15, 0.2) is 0 Å². The monoisotopic (exact) mass is 369 g/mol. The van der Waals surface area contributed by atoms with Crippen molar-refractivity contribution in [3.63, 3.8) is 0 Å². The smallest absolute Gasteiger partial charge is 0.260 e. The van der Waals surface area contributed by atoms with Gasteiger partial charge in [0.25, 0.3) is 5.91 Å². The Balaban J connectivity index is 1.46. The van der Waals surface area contributed by atoms with Gasteiger partial charge in [-0.3, -0.25) is 9.59 Å². The van der Waals surface area contributed by atoms with Gasteiger partial charge in [0.1, 0.15) is 17.5 Å². The number of hydrogen-bond acceptors (Lipinski definition) is 5. The SMILES string of the molecule is COc1ccccc1CNC(=O)CSCC1=NC(=O)C2C=CC=CC2=N1. The van der Waals surface area contributed by atoms with Crippen LogP contribution in [0.1, 0.15) is 5.56 Å². The van der Waals surface area contributed by atoms with Crippen molar-refractivity contribution in [2.45, 2.75) is 6.54 Å². The van der Waals surface area contributed by atoms with Crippen LogP contribution in [0.4, 0.5) is 0 Å². The van der Waals surface area contributed by atoms with Gasteiger partial charge in [0.2, 0.25) is 5.91 Å². The van der Waals surface area contributed by atoms with Crippen molar-refractivity contribution in [1.29, 1.82) is 0 Å². The van der Waals surface area contributed by atoms with Crippen molar-refractivity contribution in [2.24, 2.45) is 15.9 Å². The van der Waals surface area contributed by atoms with E-state index in [2.05, 4.69) is 15.3 Å². The van der Waals surface area contributed by atoms with E-state index in [4.69, 9.17) is 4.74 Å². The predicted octanol–water partition coefficient (Wildman–Crippen LogP) is 2.17. The molecule has 1 N–H and O–H groups in total. The number of methoxy groups -OCH3 is 1. The summed E-state index contributed by atoms with van der Waals surface area (Å²) in [4.78, 5) is 32.4. The second-order valence-electron chi connectivity index (χ2n) is 5.71. The van der Waals surface area contributed by atoms with Crippen LogP contribution in [0.3, 0.4) is 0 Å². The molecule has 0 saturated carbocycles. The van der Waals surface area contributed by atoms with Crippen molar-refractivity contribution in [1.82, 2.24) is 5.32 Å². The highest BCUT2D eigenvalue weighted by molar-refractivity contribution is 8.00. The number of hydrogen-bond donors (Lipinski definition) is 1. The first-order chi connectivity index (χ1) is 12.7. The number of benzene rings is 1. The molecule has 0 spiro atoms. The highest BCUT2D eigenvalue weighted by Crippen LogP contribution is 2.18. The van der Waals surface area contributed by atoms with E-state index in [1.807, 2.05) is 42.5 Å². The van der Waals surface area contributed by atoms with E-state index in [1.54, 1.807) is 13.2 Å². The molecule has 1 unspecified atom stereocenters. The molecule has 0 aromatic heterocycles. The lowest BCUT2D eigenvalue weighted by atomic mass is 9.97. The first-order valence-electron chi connectivity index (χ1n) is 8.18. The molecule has 26 heavy (non-hydrogen) atoms. The van der Waals surface area contributed by atoms with Gasteiger partial charge in [-0.2, -0.15) is 4.99 Å². The number of nitrogens with one attached hydrogen (secondary N) is 1. The number of fused-ring (bicyclic) bond motifs is 1. The first-order valence-corrected chi connectivity index (χ1v) is 9.34. The molecule has 2 amide bonds. The lowest BCUT2D eigenvalue weighted by molar-refractivity contribution is -0.119.